The minimum Gasteiger partial charge on any atom is -0.351 e. The largest absolute Gasteiger partial charge is 0.351 e. The number of pyridine rings is 1. The number of nitrogens with one attached hydrogen (secondary N) is 1. The van der Waals surface area contributed by atoms with Gasteiger partial charge in [-0.2, -0.15) is 0 Å². The molecule has 0 aromatic carbocycles. The Morgan fingerprint density at radius 2 is 2.16 bits per heavy atom. The SMILES string of the molecule is Cc1ncccc1C(=O)NCC1(CBr)CCCCC1. The van der Waals surface area contributed by atoms with Crippen molar-refractivity contribution in [2.45, 2.75) is 39.0 Å². The Kier molecular flexibility index (Phi) is 4.97. The van der Waals surface area contributed by atoms with Gasteiger partial charge in [0.25, 0.3) is 5.91 Å². The Balaban J connectivity index is 1.98. The van der Waals surface area contributed by atoms with Crippen LogP contribution in [0, 0.1) is 12.3 Å². The molecule has 1 fully saturated rings. The standard InChI is InChI=1S/C15H21BrN2O/c1-12-13(6-5-9-17-12)14(19)18-11-15(10-16)7-3-2-4-8-15/h5-6,9H,2-4,7-8,10-11H2,1H3,(H,18,19). The van der Waals surface area contributed by atoms with Crippen LogP contribution in [0.2, 0.25) is 0 Å². The summed E-state index contributed by atoms with van der Waals surface area (Å²) >= 11 is 3.63. The minimum absolute atomic E-state index is 0.00324. The average molecular weight is 325 g/mol. The minimum atomic E-state index is -0.00324. The van der Waals surface area contributed by atoms with Gasteiger partial charge in [-0.1, -0.05) is 35.2 Å². The van der Waals surface area contributed by atoms with Crippen molar-refractivity contribution in [1.82, 2.24) is 10.3 Å². The number of carbonyl (C=O) groups excluding carboxylic acids is 1. The van der Waals surface area contributed by atoms with Crippen LogP contribution in [0.25, 0.3) is 0 Å². The summed E-state index contributed by atoms with van der Waals surface area (Å²) in [5.74, 6) is -0.00324. The number of hydrogen-bond donors (Lipinski definition) is 1. The number of nitrogens with zero attached hydrogens (tertiary/aromatic N) is 1. The van der Waals surface area contributed by atoms with Crippen molar-refractivity contribution < 1.29 is 4.79 Å². The van der Waals surface area contributed by atoms with Gasteiger partial charge in [-0.05, 0) is 37.3 Å². The average Bonchev–Trinajstić information content (AvgIpc) is 2.46. The predicted molar refractivity (Wildman–Crippen MR) is 80.6 cm³/mol. The molecule has 0 atom stereocenters. The number of alkyl halides is 1. The first-order valence-electron chi connectivity index (χ1n) is 6.93. The summed E-state index contributed by atoms with van der Waals surface area (Å²) in [5.41, 5.74) is 1.71. The Morgan fingerprint density at radius 3 is 2.79 bits per heavy atom. The number of aryl methyl sites for hydroxylation is 1. The van der Waals surface area contributed by atoms with Gasteiger partial charge >= 0.3 is 0 Å². The van der Waals surface area contributed by atoms with Crippen LogP contribution in [0.1, 0.15) is 48.2 Å². The van der Waals surface area contributed by atoms with Gasteiger partial charge in [0, 0.05) is 23.8 Å². The Labute approximate surface area is 123 Å². The molecule has 1 heterocycles. The zero-order valence-corrected chi connectivity index (χ0v) is 13.0. The summed E-state index contributed by atoms with van der Waals surface area (Å²) in [5, 5.41) is 4.06. The maximum Gasteiger partial charge on any atom is 0.253 e. The third-order valence-corrected chi connectivity index (χ3v) is 5.26. The molecule has 1 aliphatic carbocycles. The molecule has 1 aliphatic rings. The number of rotatable bonds is 4. The van der Waals surface area contributed by atoms with Gasteiger partial charge in [0.15, 0.2) is 0 Å². The van der Waals surface area contributed by atoms with Crippen LogP contribution in [0.15, 0.2) is 18.3 Å². The van der Waals surface area contributed by atoms with Gasteiger partial charge in [-0.15, -0.1) is 0 Å². The van der Waals surface area contributed by atoms with Crippen LogP contribution in [-0.4, -0.2) is 22.8 Å². The van der Waals surface area contributed by atoms with Gasteiger partial charge in [0.1, 0.15) is 0 Å². The molecule has 0 spiro atoms. The summed E-state index contributed by atoms with van der Waals surface area (Å²) in [4.78, 5) is 16.4. The van der Waals surface area contributed by atoms with Crippen LogP contribution in [0.3, 0.4) is 0 Å². The van der Waals surface area contributed by atoms with E-state index in [0.29, 0.717) is 5.56 Å². The first-order chi connectivity index (χ1) is 9.17. The van der Waals surface area contributed by atoms with Crippen LogP contribution in [-0.2, 0) is 0 Å². The molecule has 104 valence electrons. The molecule has 1 aromatic heterocycles. The van der Waals surface area contributed by atoms with E-state index in [2.05, 4.69) is 26.2 Å². The van der Waals surface area contributed by atoms with E-state index in [1.165, 1.54) is 32.1 Å². The Morgan fingerprint density at radius 1 is 1.42 bits per heavy atom. The second-order valence-electron chi connectivity index (χ2n) is 5.51. The van der Waals surface area contributed by atoms with Crippen LogP contribution in [0.4, 0.5) is 0 Å². The van der Waals surface area contributed by atoms with Crippen molar-refractivity contribution in [1.29, 1.82) is 0 Å². The number of carbonyl (C=O) groups is 1. The molecule has 0 aliphatic heterocycles. The summed E-state index contributed by atoms with van der Waals surface area (Å²) in [6.45, 7) is 2.63. The summed E-state index contributed by atoms with van der Waals surface area (Å²) in [6, 6.07) is 3.64. The molecule has 3 nitrogen and oxygen atoms in total. The maximum atomic E-state index is 12.2. The highest BCUT2D eigenvalue weighted by molar-refractivity contribution is 9.09. The van der Waals surface area contributed by atoms with Crippen molar-refractivity contribution in [3.05, 3.63) is 29.6 Å². The molecular formula is C15H21BrN2O. The Hall–Kier alpha value is -0.900. The first-order valence-corrected chi connectivity index (χ1v) is 8.05. The Bertz CT molecular complexity index is 442. The lowest BCUT2D eigenvalue weighted by molar-refractivity contribution is 0.0921. The first kappa shape index (κ1) is 14.5. The summed E-state index contributed by atoms with van der Waals surface area (Å²) < 4.78 is 0. The maximum absolute atomic E-state index is 12.2. The normalized spacial score (nSPS) is 18.0. The summed E-state index contributed by atoms with van der Waals surface area (Å²) in [6.07, 6.45) is 7.98. The molecule has 0 radical (unpaired) electrons. The lowest BCUT2D eigenvalue weighted by atomic mass is 9.75. The fourth-order valence-electron chi connectivity index (χ4n) is 2.75. The number of aromatic nitrogens is 1. The molecular weight excluding hydrogens is 304 g/mol. The van der Waals surface area contributed by atoms with Crippen molar-refractivity contribution >= 4 is 21.8 Å². The van der Waals surface area contributed by atoms with Gasteiger partial charge in [0.2, 0.25) is 0 Å². The molecule has 0 saturated heterocycles. The predicted octanol–water partition coefficient (Wildman–Crippen LogP) is 3.47. The van der Waals surface area contributed by atoms with Crippen molar-refractivity contribution in [3.63, 3.8) is 0 Å². The van der Waals surface area contributed by atoms with E-state index in [1.54, 1.807) is 6.20 Å². The second-order valence-corrected chi connectivity index (χ2v) is 6.07. The third kappa shape index (κ3) is 3.56. The van der Waals surface area contributed by atoms with E-state index >= 15 is 0 Å². The number of hydrogen-bond acceptors (Lipinski definition) is 2. The fourth-order valence-corrected chi connectivity index (χ4v) is 3.51. The highest BCUT2D eigenvalue weighted by Gasteiger charge is 2.31. The number of amides is 1. The van der Waals surface area contributed by atoms with Crippen LogP contribution < -0.4 is 5.32 Å². The lowest BCUT2D eigenvalue weighted by Crippen LogP contribution is -2.40. The van der Waals surface area contributed by atoms with E-state index < -0.39 is 0 Å². The molecule has 1 saturated carbocycles. The molecule has 19 heavy (non-hydrogen) atoms. The summed E-state index contributed by atoms with van der Waals surface area (Å²) in [7, 11) is 0. The van der Waals surface area contributed by atoms with Crippen LogP contribution in [0.5, 0.6) is 0 Å². The number of halogens is 1. The third-order valence-electron chi connectivity index (χ3n) is 4.07. The molecule has 4 heteroatoms. The van der Waals surface area contributed by atoms with Gasteiger partial charge in [-0.25, -0.2) is 0 Å². The van der Waals surface area contributed by atoms with E-state index in [-0.39, 0.29) is 11.3 Å². The molecule has 1 aromatic rings. The van der Waals surface area contributed by atoms with Crippen molar-refractivity contribution in [3.8, 4) is 0 Å². The van der Waals surface area contributed by atoms with Gasteiger partial charge in [-0.3, -0.25) is 9.78 Å². The van der Waals surface area contributed by atoms with Gasteiger partial charge < -0.3 is 5.32 Å². The fraction of sp³-hybridized carbons (Fsp3) is 0.600. The quantitative estimate of drug-likeness (QED) is 0.862. The van der Waals surface area contributed by atoms with Crippen LogP contribution >= 0.6 is 15.9 Å². The lowest BCUT2D eigenvalue weighted by Gasteiger charge is -2.35. The van der Waals surface area contributed by atoms with Crippen molar-refractivity contribution in [2.24, 2.45) is 5.41 Å². The smallest absolute Gasteiger partial charge is 0.253 e. The highest BCUT2D eigenvalue weighted by atomic mass is 79.9. The second kappa shape index (κ2) is 6.51. The molecule has 0 unspecified atom stereocenters. The molecule has 1 amide bonds. The van der Waals surface area contributed by atoms with E-state index in [1.807, 2.05) is 19.1 Å². The van der Waals surface area contributed by atoms with E-state index in [0.717, 1.165) is 17.6 Å². The van der Waals surface area contributed by atoms with E-state index in [4.69, 9.17) is 0 Å². The zero-order valence-electron chi connectivity index (χ0n) is 11.4. The molecule has 2 rings (SSSR count). The molecule has 1 N–H and O–H groups in total. The molecule has 0 bridgehead atoms. The van der Waals surface area contributed by atoms with Gasteiger partial charge in [0.05, 0.1) is 5.56 Å². The topological polar surface area (TPSA) is 42.0 Å². The monoisotopic (exact) mass is 324 g/mol. The van der Waals surface area contributed by atoms with E-state index in [9.17, 15) is 4.79 Å². The zero-order chi connectivity index (χ0) is 13.7. The highest BCUT2D eigenvalue weighted by Crippen LogP contribution is 2.37. The van der Waals surface area contributed by atoms with Crippen molar-refractivity contribution in [2.75, 3.05) is 11.9 Å².